The van der Waals surface area contributed by atoms with Gasteiger partial charge >= 0.3 is 12.0 Å². The number of carbonyl (C=O) groups excluding carboxylic acids is 3. The first-order valence-electron chi connectivity index (χ1n) is 5.28. The lowest BCUT2D eigenvalue weighted by molar-refractivity contribution is -0.145. The van der Waals surface area contributed by atoms with E-state index in [0.29, 0.717) is 0 Å². The molecule has 18 heavy (non-hydrogen) atoms. The zero-order valence-electron chi connectivity index (χ0n) is 10.6. The van der Waals surface area contributed by atoms with Gasteiger partial charge in [0.15, 0.2) is 6.61 Å². The van der Waals surface area contributed by atoms with Crippen LogP contribution in [0.1, 0.15) is 20.8 Å². The number of ether oxygens (including phenoxy) is 1. The monoisotopic (exact) mass is 255 g/mol. The van der Waals surface area contributed by atoms with Gasteiger partial charge in [-0.1, -0.05) is 6.58 Å². The summed E-state index contributed by atoms with van der Waals surface area (Å²) in [5.74, 6) is -1.17. The van der Waals surface area contributed by atoms with Crippen molar-refractivity contribution >= 4 is 24.1 Å². The summed E-state index contributed by atoms with van der Waals surface area (Å²) >= 11 is 0. The number of hydrogen-bond acceptors (Lipinski definition) is 4. The van der Waals surface area contributed by atoms with Crippen LogP contribution < -0.4 is 10.6 Å². The Labute approximate surface area is 105 Å². The van der Waals surface area contributed by atoms with Gasteiger partial charge in [-0.3, -0.25) is 4.79 Å². The molecule has 0 radical (unpaired) electrons. The van der Waals surface area contributed by atoms with Crippen LogP contribution in [-0.4, -0.2) is 36.9 Å². The van der Waals surface area contributed by atoms with Gasteiger partial charge in [0.1, 0.15) is 6.17 Å². The third kappa shape index (κ3) is 7.15. The second-order valence-electron chi connectivity index (χ2n) is 3.48. The molecule has 100 valence electrons. The molecule has 7 nitrogen and oxygen atoms in total. The van der Waals surface area contributed by atoms with E-state index >= 15 is 0 Å². The molecule has 7 heteroatoms. The molecule has 2 N–H and O–H groups in total. The maximum Gasteiger partial charge on any atom is 0.342 e. The first-order valence-corrected chi connectivity index (χ1v) is 5.28. The molecular formula is C11H17N3O4. The molecule has 0 saturated heterocycles. The summed E-state index contributed by atoms with van der Waals surface area (Å²) in [4.78, 5) is 36.8. The van der Waals surface area contributed by atoms with Crippen LogP contribution in [0.3, 0.4) is 0 Å². The number of rotatable bonds is 5. The number of urea groups is 1. The Morgan fingerprint density at radius 2 is 2.00 bits per heavy atom. The Kier molecular flexibility index (Phi) is 7.02. The van der Waals surface area contributed by atoms with E-state index in [1.54, 1.807) is 13.8 Å². The molecule has 1 unspecified atom stereocenters. The van der Waals surface area contributed by atoms with Gasteiger partial charge in [-0.25, -0.2) is 14.6 Å². The van der Waals surface area contributed by atoms with Gasteiger partial charge in [0, 0.05) is 11.8 Å². The molecule has 0 aliphatic heterocycles. The summed E-state index contributed by atoms with van der Waals surface area (Å²) in [7, 11) is 0. The van der Waals surface area contributed by atoms with Crippen LogP contribution in [-0.2, 0) is 14.3 Å². The summed E-state index contributed by atoms with van der Waals surface area (Å²) in [6.07, 6.45) is 0.718. The Bertz CT molecular complexity index is 376. The fourth-order valence-electron chi connectivity index (χ4n) is 0.913. The zero-order valence-corrected chi connectivity index (χ0v) is 10.6. The van der Waals surface area contributed by atoms with Gasteiger partial charge < -0.3 is 15.4 Å². The Morgan fingerprint density at radius 1 is 1.39 bits per heavy atom. The van der Waals surface area contributed by atoms with Crippen molar-refractivity contribution in [3.05, 3.63) is 12.2 Å². The molecule has 0 aliphatic rings. The smallest absolute Gasteiger partial charge is 0.342 e. The molecule has 0 bridgehead atoms. The normalized spacial score (nSPS) is 11.7. The fraction of sp³-hybridized carbons (Fsp3) is 0.455. The molecule has 0 rings (SSSR count). The molecule has 3 amide bonds. The first kappa shape index (κ1) is 15.8. The molecule has 0 heterocycles. The van der Waals surface area contributed by atoms with E-state index in [1.807, 2.05) is 0 Å². The van der Waals surface area contributed by atoms with Gasteiger partial charge in [0.2, 0.25) is 0 Å². The molecule has 0 fully saturated rings. The third-order valence-corrected chi connectivity index (χ3v) is 1.65. The molecule has 0 spiro atoms. The largest absolute Gasteiger partial charge is 0.452 e. The summed E-state index contributed by atoms with van der Waals surface area (Å²) in [5, 5.41) is 4.81. The average molecular weight is 255 g/mol. The van der Waals surface area contributed by atoms with Crippen molar-refractivity contribution < 1.29 is 19.1 Å². The maximum atomic E-state index is 11.3. The third-order valence-electron chi connectivity index (χ3n) is 1.65. The minimum absolute atomic E-state index is 0.210. The van der Waals surface area contributed by atoms with Gasteiger partial charge in [0.05, 0.1) is 0 Å². The number of nitrogens with zero attached hydrogens (tertiary/aromatic N) is 1. The van der Waals surface area contributed by atoms with Crippen molar-refractivity contribution in [3.63, 3.8) is 0 Å². The second kappa shape index (κ2) is 7.99. The average Bonchev–Trinajstić information content (AvgIpc) is 2.25. The van der Waals surface area contributed by atoms with Crippen LogP contribution in [0.25, 0.3) is 0 Å². The number of carbonyl (C=O) groups is 3. The Hall–Kier alpha value is -2.18. The SMILES string of the molecule is C=C(C)C(=O)OCC(=O)NC(C)NC(=O)/N=C/C. The Morgan fingerprint density at radius 3 is 2.50 bits per heavy atom. The van der Waals surface area contributed by atoms with Crippen LogP contribution in [0.15, 0.2) is 17.1 Å². The zero-order chi connectivity index (χ0) is 14.1. The van der Waals surface area contributed by atoms with Crippen LogP contribution in [0.4, 0.5) is 4.79 Å². The standard InChI is InChI=1S/C11H17N3O4/c1-5-12-11(17)14-8(4)13-9(15)6-18-10(16)7(2)3/h5,8H,2,6H2,1,3-4H3,(H,13,15)(H,14,17)/b12-5+. The van der Waals surface area contributed by atoms with Crippen LogP contribution in [0, 0.1) is 0 Å². The van der Waals surface area contributed by atoms with E-state index in [-0.39, 0.29) is 5.57 Å². The highest BCUT2D eigenvalue weighted by Crippen LogP contribution is 1.91. The van der Waals surface area contributed by atoms with Gasteiger partial charge in [0.25, 0.3) is 5.91 Å². The molecule has 1 atom stereocenters. The highest BCUT2D eigenvalue weighted by molar-refractivity contribution is 5.89. The van der Waals surface area contributed by atoms with Crippen molar-refractivity contribution in [1.29, 1.82) is 0 Å². The summed E-state index contributed by atoms with van der Waals surface area (Å²) in [6, 6.07) is -0.566. The molecule has 0 aromatic rings. The van der Waals surface area contributed by atoms with Crippen molar-refractivity contribution in [3.8, 4) is 0 Å². The molecular weight excluding hydrogens is 238 g/mol. The molecule has 0 saturated carbocycles. The summed E-state index contributed by atoms with van der Waals surface area (Å²) < 4.78 is 4.63. The van der Waals surface area contributed by atoms with Crippen LogP contribution in [0.5, 0.6) is 0 Å². The van der Waals surface area contributed by atoms with Gasteiger partial charge in [-0.05, 0) is 20.8 Å². The number of hydrogen-bond donors (Lipinski definition) is 2. The van der Waals surface area contributed by atoms with E-state index in [1.165, 1.54) is 13.1 Å². The lowest BCUT2D eigenvalue weighted by Gasteiger charge is -2.14. The van der Waals surface area contributed by atoms with Crippen molar-refractivity contribution in [2.75, 3.05) is 6.61 Å². The van der Waals surface area contributed by atoms with Crippen LogP contribution >= 0.6 is 0 Å². The number of amides is 3. The van der Waals surface area contributed by atoms with E-state index in [9.17, 15) is 14.4 Å². The quantitative estimate of drug-likeness (QED) is 0.321. The maximum absolute atomic E-state index is 11.3. The predicted octanol–water partition coefficient (Wildman–Crippen LogP) is 0.368. The minimum atomic E-state index is -0.641. The van der Waals surface area contributed by atoms with E-state index in [4.69, 9.17) is 0 Å². The van der Waals surface area contributed by atoms with E-state index < -0.39 is 30.7 Å². The highest BCUT2D eigenvalue weighted by atomic mass is 16.5. The van der Waals surface area contributed by atoms with Crippen LogP contribution in [0.2, 0.25) is 0 Å². The summed E-state index contributed by atoms with van der Waals surface area (Å²) in [6.45, 7) is 7.58. The van der Waals surface area contributed by atoms with Crippen molar-refractivity contribution in [2.45, 2.75) is 26.9 Å². The number of aliphatic imine (C=N–C) groups is 1. The lowest BCUT2D eigenvalue weighted by atomic mass is 10.4. The second-order valence-corrected chi connectivity index (χ2v) is 3.48. The fourth-order valence-corrected chi connectivity index (χ4v) is 0.913. The number of esters is 1. The minimum Gasteiger partial charge on any atom is -0.452 e. The van der Waals surface area contributed by atoms with E-state index in [2.05, 4.69) is 26.9 Å². The first-order chi connectivity index (χ1) is 8.36. The van der Waals surface area contributed by atoms with E-state index in [0.717, 1.165) is 0 Å². The highest BCUT2D eigenvalue weighted by Gasteiger charge is 2.11. The number of nitrogens with one attached hydrogen (secondary N) is 2. The topological polar surface area (TPSA) is 96.9 Å². The molecule has 0 aromatic heterocycles. The Balaban J connectivity index is 3.98. The predicted molar refractivity (Wildman–Crippen MR) is 66.1 cm³/mol. The van der Waals surface area contributed by atoms with Crippen molar-refractivity contribution in [2.24, 2.45) is 4.99 Å². The molecule has 0 aromatic carbocycles. The van der Waals surface area contributed by atoms with Gasteiger partial charge in [-0.2, -0.15) is 0 Å². The van der Waals surface area contributed by atoms with Gasteiger partial charge in [-0.15, -0.1) is 0 Å². The van der Waals surface area contributed by atoms with Crippen molar-refractivity contribution in [1.82, 2.24) is 10.6 Å². The molecule has 0 aliphatic carbocycles. The summed E-state index contributed by atoms with van der Waals surface area (Å²) in [5.41, 5.74) is 0.210. The lowest BCUT2D eigenvalue weighted by Crippen LogP contribution is -2.46.